The van der Waals surface area contributed by atoms with Gasteiger partial charge < -0.3 is 10.4 Å². The maximum Gasteiger partial charge on any atom is 0.416 e. The van der Waals surface area contributed by atoms with Crippen LogP contribution in [0.3, 0.4) is 0 Å². The molecule has 0 fully saturated rings. The van der Waals surface area contributed by atoms with E-state index in [1.165, 1.54) is 6.07 Å². The normalized spacial score (nSPS) is 13.9. The quantitative estimate of drug-likeness (QED) is 0.854. The van der Waals surface area contributed by atoms with Crippen LogP contribution in [0.15, 0.2) is 24.3 Å². The van der Waals surface area contributed by atoms with Crippen LogP contribution in [0.25, 0.3) is 0 Å². The molecule has 0 amide bonds. The first-order chi connectivity index (χ1) is 8.34. The Morgan fingerprint density at radius 1 is 1.28 bits per heavy atom. The Hall–Kier alpha value is -1.07. The van der Waals surface area contributed by atoms with Gasteiger partial charge in [0.15, 0.2) is 0 Å². The second-order valence-electron chi connectivity index (χ2n) is 4.61. The molecule has 2 nitrogen and oxygen atoms in total. The lowest BCUT2D eigenvalue weighted by Crippen LogP contribution is -2.36. The number of rotatable bonds is 5. The lowest BCUT2D eigenvalue weighted by atomic mass is 10.0. The van der Waals surface area contributed by atoms with E-state index in [2.05, 4.69) is 5.32 Å². The summed E-state index contributed by atoms with van der Waals surface area (Å²) in [6, 6.07) is 5.09. The van der Waals surface area contributed by atoms with Crippen molar-refractivity contribution >= 4 is 0 Å². The van der Waals surface area contributed by atoms with Crippen LogP contribution in [-0.2, 0) is 12.7 Å². The highest BCUT2D eigenvalue weighted by Gasteiger charge is 2.30. The number of hydrogen-bond donors (Lipinski definition) is 2. The minimum atomic E-state index is -4.32. The maximum atomic E-state index is 12.5. The highest BCUT2D eigenvalue weighted by molar-refractivity contribution is 5.25. The zero-order valence-electron chi connectivity index (χ0n) is 10.5. The summed E-state index contributed by atoms with van der Waals surface area (Å²) >= 11 is 0. The van der Waals surface area contributed by atoms with Gasteiger partial charge in [0.1, 0.15) is 0 Å². The summed E-state index contributed by atoms with van der Waals surface area (Å²) in [5.74, 6) is 0.223. The minimum Gasteiger partial charge on any atom is -0.395 e. The highest BCUT2D eigenvalue weighted by atomic mass is 19.4. The number of alkyl halides is 3. The fourth-order valence-electron chi connectivity index (χ4n) is 1.62. The number of benzene rings is 1. The summed E-state index contributed by atoms with van der Waals surface area (Å²) in [6.45, 7) is 4.17. The summed E-state index contributed by atoms with van der Waals surface area (Å²) in [5.41, 5.74) is -0.0872. The van der Waals surface area contributed by atoms with Crippen molar-refractivity contribution in [2.75, 3.05) is 6.61 Å². The van der Waals surface area contributed by atoms with E-state index in [-0.39, 0.29) is 18.6 Å². The third-order valence-corrected chi connectivity index (χ3v) is 2.82. The highest BCUT2D eigenvalue weighted by Crippen LogP contribution is 2.29. The summed E-state index contributed by atoms with van der Waals surface area (Å²) in [4.78, 5) is 0. The van der Waals surface area contributed by atoms with Gasteiger partial charge in [-0.2, -0.15) is 13.2 Å². The lowest BCUT2D eigenvalue weighted by Gasteiger charge is -2.20. The first-order valence-electron chi connectivity index (χ1n) is 5.85. The molecule has 1 aromatic carbocycles. The Balaban J connectivity index is 2.68. The van der Waals surface area contributed by atoms with Crippen LogP contribution in [0.4, 0.5) is 13.2 Å². The largest absolute Gasteiger partial charge is 0.416 e. The van der Waals surface area contributed by atoms with Gasteiger partial charge in [-0.15, -0.1) is 0 Å². The van der Waals surface area contributed by atoms with Crippen molar-refractivity contribution < 1.29 is 18.3 Å². The summed E-state index contributed by atoms with van der Waals surface area (Å²) in [7, 11) is 0. The van der Waals surface area contributed by atoms with Crippen molar-refractivity contribution in [3.05, 3.63) is 35.4 Å². The van der Waals surface area contributed by atoms with Gasteiger partial charge in [0.25, 0.3) is 0 Å². The van der Waals surface area contributed by atoms with Gasteiger partial charge in [0, 0.05) is 12.6 Å². The first-order valence-corrected chi connectivity index (χ1v) is 5.85. The van der Waals surface area contributed by atoms with E-state index in [1.54, 1.807) is 6.07 Å². The van der Waals surface area contributed by atoms with Crippen LogP contribution in [0, 0.1) is 5.92 Å². The van der Waals surface area contributed by atoms with Crippen LogP contribution >= 0.6 is 0 Å². The van der Waals surface area contributed by atoms with E-state index in [1.807, 2.05) is 13.8 Å². The fourth-order valence-corrected chi connectivity index (χ4v) is 1.62. The van der Waals surface area contributed by atoms with Crippen LogP contribution < -0.4 is 5.32 Å². The van der Waals surface area contributed by atoms with Crippen molar-refractivity contribution in [3.8, 4) is 0 Å². The molecule has 2 N–H and O–H groups in total. The molecule has 102 valence electrons. The van der Waals surface area contributed by atoms with Gasteiger partial charge in [-0.3, -0.25) is 0 Å². The predicted octanol–water partition coefficient (Wildman–Crippen LogP) is 2.81. The van der Waals surface area contributed by atoms with E-state index < -0.39 is 11.7 Å². The Bertz CT molecular complexity index is 377. The van der Waals surface area contributed by atoms with Gasteiger partial charge in [-0.05, 0) is 17.5 Å². The summed E-state index contributed by atoms with van der Waals surface area (Å²) in [6.07, 6.45) is -4.32. The topological polar surface area (TPSA) is 32.3 Å². The first kappa shape index (κ1) is 15.0. The minimum absolute atomic E-state index is 0.0311. The standard InChI is InChI=1S/C13H18F3NO/c1-9(2)12(8-18)17-7-10-4-3-5-11(6-10)13(14,15)16/h3-6,9,12,17-18H,7-8H2,1-2H3. The summed E-state index contributed by atoms with van der Waals surface area (Å²) < 4.78 is 37.5. The summed E-state index contributed by atoms with van der Waals surface area (Å²) in [5, 5.41) is 12.2. The van der Waals surface area contributed by atoms with E-state index in [9.17, 15) is 13.2 Å². The molecular weight excluding hydrogens is 243 g/mol. The average Bonchev–Trinajstić information content (AvgIpc) is 2.28. The zero-order chi connectivity index (χ0) is 13.8. The smallest absolute Gasteiger partial charge is 0.395 e. The molecule has 1 aromatic rings. The zero-order valence-corrected chi connectivity index (χ0v) is 10.5. The molecule has 18 heavy (non-hydrogen) atoms. The van der Waals surface area contributed by atoms with Gasteiger partial charge in [-0.25, -0.2) is 0 Å². The van der Waals surface area contributed by atoms with Crippen molar-refractivity contribution in [1.82, 2.24) is 5.32 Å². The molecule has 1 rings (SSSR count). The van der Waals surface area contributed by atoms with E-state index >= 15 is 0 Å². The van der Waals surface area contributed by atoms with Crippen LogP contribution in [-0.4, -0.2) is 17.8 Å². The maximum absolute atomic E-state index is 12.5. The van der Waals surface area contributed by atoms with Crippen LogP contribution in [0.1, 0.15) is 25.0 Å². The third kappa shape index (κ3) is 4.31. The van der Waals surface area contributed by atoms with Crippen molar-refractivity contribution in [2.45, 2.75) is 32.6 Å². The van der Waals surface area contributed by atoms with E-state index in [0.717, 1.165) is 12.1 Å². The van der Waals surface area contributed by atoms with Crippen LogP contribution in [0.2, 0.25) is 0 Å². The predicted molar refractivity (Wildman–Crippen MR) is 64.0 cm³/mol. The fraction of sp³-hybridized carbons (Fsp3) is 0.538. The van der Waals surface area contributed by atoms with Gasteiger partial charge in [-0.1, -0.05) is 32.0 Å². The number of nitrogens with one attached hydrogen (secondary N) is 1. The van der Waals surface area contributed by atoms with Gasteiger partial charge >= 0.3 is 6.18 Å². The molecule has 1 unspecified atom stereocenters. The van der Waals surface area contributed by atoms with Gasteiger partial charge in [0.05, 0.1) is 12.2 Å². The second-order valence-corrected chi connectivity index (χ2v) is 4.61. The molecule has 0 bridgehead atoms. The third-order valence-electron chi connectivity index (χ3n) is 2.82. The molecule has 0 aliphatic heterocycles. The Morgan fingerprint density at radius 2 is 1.94 bits per heavy atom. The number of halogens is 3. The van der Waals surface area contributed by atoms with Gasteiger partial charge in [0.2, 0.25) is 0 Å². The molecule has 0 saturated carbocycles. The Labute approximate surface area is 105 Å². The second kappa shape index (κ2) is 6.20. The molecule has 1 atom stereocenters. The Morgan fingerprint density at radius 3 is 2.44 bits per heavy atom. The lowest BCUT2D eigenvalue weighted by molar-refractivity contribution is -0.137. The SMILES string of the molecule is CC(C)C(CO)NCc1cccc(C(F)(F)F)c1. The molecule has 0 aromatic heterocycles. The molecular formula is C13H18F3NO. The van der Waals surface area contributed by atoms with Crippen LogP contribution in [0.5, 0.6) is 0 Å². The molecule has 0 aliphatic carbocycles. The van der Waals surface area contributed by atoms with Crippen molar-refractivity contribution in [3.63, 3.8) is 0 Å². The molecule has 0 aliphatic rings. The molecule has 0 saturated heterocycles. The Kier molecular flexibility index (Phi) is 5.16. The molecule has 0 spiro atoms. The molecule has 0 heterocycles. The number of aliphatic hydroxyl groups excluding tert-OH is 1. The molecule has 0 radical (unpaired) electrons. The molecule has 5 heteroatoms. The van der Waals surface area contributed by atoms with E-state index in [4.69, 9.17) is 5.11 Å². The number of aliphatic hydroxyl groups is 1. The van der Waals surface area contributed by atoms with E-state index in [0.29, 0.717) is 12.1 Å². The number of hydrogen-bond acceptors (Lipinski definition) is 2. The van der Waals surface area contributed by atoms with Crippen molar-refractivity contribution in [1.29, 1.82) is 0 Å². The van der Waals surface area contributed by atoms with Crippen molar-refractivity contribution in [2.24, 2.45) is 5.92 Å². The monoisotopic (exact) mass is 261 g/mol. The average molecular weight is 261 g/mol.